The van der Waals surface area contributed by atoms with E-state index in [1.165, 1.54) is 29.0 Å². The summed E-state index contributed by atoms with van der Waals surface area (Å²) in [5.41, 5.74) is -1.85. The van der Waals surface area contributed by atoms with Crippen molar-refractivity contribution in [3.8, 4) is 12.8 Å². The van der Waals surface area contributed by atoms with E-state index >= 15 is 4.39 Å². The lowest BCUT2D eigenvalue weighted by Gasteiger charge is -2.60. The van der Waals surface area contributed by atoms with Gasteiger partial charge in [0.05, 0.1) is 6.54 Å². The number of Topliss-reactive ketones (excluding diaryl/α,β-unsaturated/α-hetero) is 1. The zero-order valence-corrected chi connectivity index (χ0v) is 26.0. The number of hydrogen-bond acceptors (Lipinski definition) is 7. The number of thiophene rings is 1. The van der Waals surface area contributed by atoms with Crippen molar-refractivity contribution in [2.75, 3.05) is 20.8 Å². The molecule has 0 aromatic carbocycles. The van der Waals surface area contributed by atoms with Crippen LogP contribution in [0, 0.1) is 41.4 Å². The third-order valence-corrected chi connectivity index (χ3v) is 9.69. The average Bonchev–Trinajstić information content (AvgIpc) is 3.56. The Bertz CT molecular complexity index is 1070. The van der Waals surface area contributed by atoms with Gasteiger partial charge in [0.15, 0.2) is 11.6 Å². The highest BCUT2D eigenvalue weighted by atomic mass is 32.1. The Kier molecular flexibility index (Phi) is 14.2. The van der Waals surface area contributed by atoms with Crippen LogP contribution in [0.5, 0.6) is 0 Å². The minimum atomic E-state index is -1.42. The maximum absolute atomic E-state index is 16.4. The van der Waals surface area contributed by atoms with Crippen molar-refractivity contribution in [2.45, 2.75) is 78.2 Å². The Hall–Kier alpha value is -2.22. The van der Waals surface area contributed by atoms with Crippen LogP contribution in [0.15, 0.2) is 41.3 Å². The molecular formula is C32H47F2NO5S. The number of fused-ring (bicyclic) bond motifs is 5. The molecule has 0 spiro atoms. The Balaban J connectivity index is 0.000000387. The number of rotatable bonds is 3. The summed E-state index contributed by atoms with van der Waals surface area (Å²) < 4.78 is 31.3. The molecule has 9 heteroatoms. The number of aliphatic hydroxyl groups excluding tert-OH is 2. The second kappa shape index (κ2) is 15.9. The zero-order chi connectivity index (χ0) is 31.6. The molecule has 230 valence electrons. The molecule has 0 radical (unpaired) electrons. The summed E-state index contributed by atoms with van der Waals surface area (Å²) in [6.07, 6.45) is 15.0. The number of aliphatic hydroxyl groups is 2. The first kappa shape index (κ1) is 36.8. The lowest BCUT2D eigenvalue weighted by Crippen LogP contribution is -2.61. The van der Waals surface area contributed by atoms with Crippen LogP contribution in [-0.4, -0.2) is 64.7 Å². The van der Waals surface area contributed by atoms with E-state index in [1.807, 2.05) is 24.4 Å². The fourth-order valence-electron chi connectivity index (χ4n) is 7.12. The van der Waals surface area contributed by atoms with E-state index in [-0.39, 0.29) is 41.8 Å². The van der Waals surface area contributed by atoms with Crippen molar-refractivity contribution in [2.24, 2.45) is 28.6 Å². The fraction of sp³-hybridized carbons (Fsp3) is 0.625. The number of carbonyl (C=O) groups excluding carboxylic acids is 2. The predicted octanol–water partition coefficient (Wildman–Crippen LogP) is 5.97. The maximum atomic E-state index is 16.4. The second-order valence-corrected chi connectivity index (χ2v) is 12.8. The summed E-state index contributed by atoms with van der Waals surface area (Å²) in [4.78, 5) is 22.4. The first-order chi connectivity index (χ1) is 19.3. The van der Waals surface area contributed by atoms with Crippen LogP contribution in [0.1, 0.15) is 64.7 Å². The predicted molar refractivity (Wildman–Crippen MR) is 160 cm³/mol. The molecule has 4 aliphatic carbocycles. The average molecular weight is 596 g/mol. The minimum Gasteiger partial charge on any atom is -0.400 e. The Morgan fingerprint density at radius 3 is 2.32 bits per heavy atom. The van der Waals surface area contributed by atoms with Gasteiger partial charge in [-0.3, -0.25) is 9.59 Å². The van der Waals surface area contributed by atoms with Gasteiger partial charge in [-0.25, -0.2) is 8.78 Å². The van der Waals surface area contributed by atoms with Crippen LogP contribution in [-0.2, 0) is 16.1 Å². The number of alkyl halides is 2. The molecule has 0 aliphatic heterocycles. The number of ketones is 2. The molecule has 3 fully saturated rings. The summed E-state index contributed by atoms with van der Waals surface area (Å²) in [5, 5.41) is 26.7. The summed E-state index contributed by atoms with van der Waals surface area (Å²) in [6, 6.07) is 3.97. The number of allylic oxidation sites excluding steroid dienone is 4. The van der Waals surface area contributed by atoms with Crippen LogP contribution < -0.4 is 0 Å². The molecule has 4 aliphatic rings. The largest absolute Gasteiger partial charge is 0.400 e. The second-order valence-electron chi connectivity index (χ2n) is 11.8. The van der Waals surface area contributed by atoms with E-state index in [4.69, 9.17) is 15.4 Å². The molecule has 1 aromatic rings. The molecule has 0 saturated heterocycles. The summed E-state index contributed by atoms with van der Waals surface area (Å²) in [6.45, 7) is 7.95. The Morgan fingerprint density at radius 2 is 1.80 bits per heavy atom. The molecule has 7 atom stereocenters. The van der Waals surface area contributed by atoms with Crippen molar-refractivity contribution >= 4 is 22.9 Å². The number of carbonyl (C=O) groups is 2. The zero-order valence-electron chi connectivity index (χ0n) is 25.1. The van der Waals surface area contributed by atoms with Crippen molar-refractivity contribution in [3.05, 3.63) is 46.2 Å². The summed E-state index contributed by atoms with van der Waals surface area (Å²) >= 11 is 1.65. The number of hydrogen-bond donors (Lipinski definition) is 3. The van der Waals surface area contributed by atoms with Crippen LogP contribution in [0.3, 0.4) is 0 Å². The van der Waals surface area contributed by atoms with Gasteiger partial charge in [-0.2, -0.15) is 5.06 Å². The van der Waals surface area contributed by atoms with Crippen LogP contribution in [0.2, 0.25) is 0 Å². The van der Waals surface area contributed by atoms with Gasteiger partial charge in [0, 0.05) is 30.4 Å². The van der Waals surface area contributed by atoms with Crippen molar-refractivity contribution in [1.82, 2.24) is 5.06 Å². The van der Waals surface area contributed by atoms with Gasteiger partial charge in [0.25, 0.3) is 0 Å². The van der Waals surface area contributed by atoms with E-state index in [0.29, 0.717) is 24.5 Å². The summed E-state index contributed by atoms with van der Waals surface area (Å²) in [7, 11) is 2.64. The molecule has 6 nitrogen and oxygen atoms in total. The van der Waals surface area contributed by atoms with E-state index in [2.05, 4.69) is 26.7 Å². The molecule has 3 N–H and O–H groups in total. The van der Waals surface area contributed by atoms with Crippen LogP contribution in [0.25, 0.3) is 0 Å². The number of terminal acetylenes is 1. The number of nitrogens with zero attached hydrogens (tertiary/aromatic N) is 1. The van der Waals surface area contributed by atoms with Gasteiger partial charge in [0.2, 0.25) is 0 Å². The first-order valence-corrected chi connectivity index (χ1v) is 14.7. The normalized spacial score (nSPS) is 34.3. The molecule has 0 bridgehead atoms. The van der Waals surface area contributed by atoms with Crippen molar-refractivity contribution < 1.29 is 33.8 Å². The molecule has 0 amide bonds. The van der Waals surface area contributed by atoms with Crippen LogP contribution >= 0.6 is 11.3 Å². The lowest BCUT2D eigenvalue weighted by atomic mass is 9.46. The molecule has 3 saturated carbocycles. The third kappa shape index (κ3) is 8.42. The highest BCUT2D eigenvalue weighted by Gasteiger charge is 2.67. The number of hydroxylamine groups is 2. The van der Waals surface area contributed by atoms with E-state index in [1.54, 1.807) is 24.5 Å². The number of halogens is 2. The minimum absolute atomic E-state index is 0.158. The monoisotopic (exact) mass is 595 g/mol. The van der Waals surface area contributed by atoms with Crippen molar-refractivity contribution in [1.29, 1.82) is 0 Å². The molecule has 5 rings (SSSR count). The first-order valence-electron chi connectivity index (χ1n) is 13.8. The highest BCUT2D eigenvalue weighted by molar-refractivity contribution is 7.09. The third-order valence-electron chi connectivity index (χ3n) is 8.83. The maximum Gasteiger partial charge on any atom is 0.178 e. The molecule has 1 heterocycles. The molecular weight excluding hydrogens is 548 g/mol. The quantitative estimate of drug-likeness (QED) is 0.295. The van der Waals surface area contributed by atoms with Gasteiger partial charge in [0.1, 0.15) is 18.4 Å². The molecule has 1 aromatic heterocycles. The lowest BCUT2D eigenvalue weighted by molar-refractivity contribution is -0.131. The van der Waals surface area contributed by atoms with E-state index in [9.17, 15) is 14.0 Å². The van der Waals surface area contributed by atoms with E-state index in [0.717, 1.165) is 26.4 Å². The molecule has 41 heavy (non-hydrogen) atoms. The highest BCUT2D eigenvalue weighted by Crippen LogP contribution is 2.68. The smallest absolute Gasteiger partial charge is 0.178 e. The van der Waals surface area contributed by atoms with Gasteiger partial charge in [-0.1, -0.05) is 26.0 Å². The SMILES string of the molecule is C#C.CC(=O)CO.CN(O)Cc1cccs1.CO.C[C@@H]1CC2C3C[C@H](F)C4=CC(=O)C=CC4(C)[C@@]3(F)CCC2(C)C1. The Morgan fingerprint density at radius 1 is 1.20 bits per heavy atom. The standard InChI is InChI=1S/C20H26F2O.C6H9NOS.C3H6O2.C2H2.CH4O/c1-12-8-14-15-10-17(21)16-9-13(23)4-5-19(16,3)20(15,22)7-6-18(14,2)11-12;1-7(8)5-6-3-2-4-9-6;1-3(5)2-4;2*1-2/h4-5,9,12,14-15,17H,6-8,10-11H2,1-3H3;2-4,8H,5H2,1H3;4H,2H2,1H3;1-2H;2H,1H3/t12-,14?,15?,17+,18?,19?,20-;;;;/m1..../s1. The van der Waals surface area contributed by atoms with Gasteiger partial charge >= 0.3 is 0 Å². The fourth-order valence-corrected chi connectivity index (χ4v) is 7.87. The van der Waals surface area contributed by atoms with Crippen LogP contribution in [0.4, 0.5) is 8.78 Å². The van der Waals surface area contributed by atoms with Gasteiger partial charge < -0.3 is 15.4 Å². The topological polar surface area (TPSA) is 98.1 Å². The van der Waals surface area contributed by atoms with Gasteiger partial charge in [-0.15, -0.1) is 24.2 Å². The summed E-state index contributed by atoms with van der Waals surface area (Å²) in [5.74, 6) is 0.223. The van der Waals surface area contributed by atoms with E-state index < -0.39 is 17.3 Å². The Labute approximate surface area is 248 Å². The molecule has 4 unspecified atom stereocenters. The van der Waals surface area contributed by atoms with Gasteiger partial charge in [-0.05, 0) is 92.4 Å². The van der Waals surface area contributed by atoms with Crippen molar-refractivity contribution in [3.63, 3.8) is 0 Å².